The van der Waals surface area contributed by atoms with Gasteiger partial charge in [-0.3, -0.25) is 14.5 Å². The number of fused-ring (bicyclic) bond motifs is 1. The van der Waals surface area contributed by atoms with Gasteiger partial charge in [-0.25, -0.2) is 13.2 Å². The molecular weight excluding hydrogens is 396 g/mol. The SMILES string of the molecule is C[C@@H](O)[C@H]1C(=O)N2C(C(=O)O)=C(SC3CN=C(NS(C)(=O)=O)NC3)[C@H](C)[C@H]12. The molecule has 3 rings (SSSR count). The number of nitrogens with zero attached hydrogens (tertiary/aromatic N) is 2. The van der Waals surface area contributed by atoms with E-state index in [-0.39, 0.29) is 34.8 Å². The predicted octanol–water partition coefficient (Wildman–Crippen LogP) is -1.25. The summed E-state index contributed by atoms with van der Waals surface area (Å²) in [5, 5.41) is 22.2. The van der Waals surface area contributed by atoms with Crippen LogP contribution in [0.1, 0.15) is 13.8 Å². The second-order valence-corrected chi connectivity index (χ2v) is 10.0. The van der Waals surface area contributed by atoms with E-state index in [2.05, 4.69) is 15.0 Å². The molecule has 0 aromatic rings. The number of guanidine groups is 1. The van der Waals surface area contributed by atoms with Crippen LogP contribution in [-0.4, -0.2) is 78.1 Å². The van der Waals surface area contributed by atoms with Crippen molar-refractivity contribution in [1.29, 1.82) is 0 Å². The smallest absolute Gasteiger partial charge is 0.353 e. The number of β-lactam (4-membered cyclic amide) rings is 1. The summed E-state index contributed by atoms with van der Waals surface area (Å²) >= 11 is 1.33. The van der Waals surface area contributed by atoms with Gasteiger partial charge in [0.1, 0.15) is 5.70 Å². The molecule has 3 heterocycles. The van der Waals surface area contributed by atoms with Crippen LogP contribution in [0, 0.1) is 11.8 Å². The highest BCUT2D eigenvalue weighted by Gasteiger charge is 2.60. The van der Waals surface area contributed by atoms with Gasteiger partial charge in [-0.05, 0) is 6.92 Å². The molecule has 0 saturated carbocycles. The fraction of sp³-hybridized carbons (Fsp3) is 0.667. The van der Waals surface area contributed by atoms with Crippen molar-refractivity contribution in [2.75, 3.05) is 19.3 Å². The quantitative estimate of drug-likeness (QED) is 0.405. The summed E-state index contributed by atoms with van der Waals surface area (Å²) in [5.74, 6) is -2.18. The fourth-order valence-electron chi connectivity index (χ4n) is 3.71. The molecule has 3 aliphatic heterocycles. The molecule has 0 aromatic carbocycles. The monoisotopic (exact) mass is 418 g/mol. The first-order valence-electron chi connectivity index (χ1n) is 8.42. The molecule has 27 heavy (non-hydrogen) atoms. The number of carboxylic acid groups (broad SMARTS) is 1. The van der Waals surface area contributed by atoms with Crippen LogP contribution in [-0.2, 0) is 19.6 Å². The number of aliphatic imine (C=N–C) groups is 1. The van der Waals surface area contributed by atoms with Crippen molar-refractivity contribution in [3.05, 3.63) is 10.6 Å². The van der Waals surface area contributed by atoms with Gasteiger partial charge in [0.25, 0.3) is 0 Å². The average molecular weight is 418 g/mol. The van der Waals surface area contributed by atoms with Crippen molar-refractivity contribution < 1.29 is 28.2 Å². The van der Waals surface area contributed by atoms with Gasteiger partial charge in [-0.15, -0.1) is 11.8 Å². The van der Waals surface area contributed by atoms with Gasteiger partial charge in [0.2, 0.25) is 21.9 Å². The minimum absolute atomic E-state index is 0.0246. The third kappa shape index (κ3) is 3.65. The number of thioether (sulfide) groups is 1. The van der Waals surface area contributed by atoms with Gasteiger partial charge in [-0.2, -0.15) is 0 Å². The Morgan fingerprint density at radius 2 is 2.15 bits per heavy atom. The van der Waals surface area contributed by atoms with E-state index in [1.165, 1.54) is 23.6 Å². The first-order valence-corrected chi connectivity index (χ1v) is 11.2. The third-order valence-electron chi connectivity index (χ3n) is 4.84. The highest BCUT2D eigenvalue weighted by Crippen LogP contribution is 2.51. The number of nitrogens with one attached hydrogen (secondary N) is 2. The topological polar surface area (TPSA) is 148 Å². The number of rotatable bonds is 5. The van der Waals surface area contributed by atoms with E-state index in [4.69, 9.17) is 0 Å². The summed E-state index contributed by atoms with van der Waals surface area (Å²) in [6.07, 6.45) is 0.188. The van der Waals surface area contributed by atoms with Crippen molar-refractivity contribution in [3.8, 4) is 0 Å². The number of amides is 1. The number of aliphatic hydroxyl groups is 1. The van der Waals surface area contributed by atoms with Gasteiger partial charge < -0.3 is 20.4 Å². The molecule has 150 valence electrons. The van der Waals surface area contributed by atoms with Gasteiger partial charge in [0.05, 0.1) is 30.9 Å². The maximum atomic E-state index is 12.3. The Morgan fingerprint density at radius 3 is 2.63 bits per heavy atom. The molecule has 5 atom stereocenters. The van der Waals surface area contributed by atoms with Gasteiger partial charge in [0.15, 0.2) is 0 Å². The lowest BCUT2D eigenvalue weighted by Gasteiger charge is -2.46. The zero-order valence-corrected chi connectivity index (χ0v) is 16.7. The Kier molecular flexibility index (Phi) is 5.16. The average Bonchev–Trinajstić information content (AvgIpc) is 2.77. The first-order chi connectivity index (χ1) is 12.5. The number of hydrogen-bond donors (Lipinski definition) is 4. The van der Waals surface area contributed by atoms with Crippen LogP contribution in [0.4, 0.5) is 0 Å². The summed E-state index contributed by atoms with van der Waals surface area (Å²) in [6.45, 7) is 4.09. The molecule has 1 saturated heterocycles. The number of carbonyl (C=O) groups is 2. The highest BCUT2D eigenvalue weighted by molar-refractivity contribution is 8.03. The Bertz CT molecular complexity index is 837. The van der Waals surface area contributed by atoms with Gasteiger partial charge in [-0.1, -0.05) is 6.92 Å². The minimum Gasteiger partial charge on any atom is -0.477 e. The van der Waals surface area contributed by atoms with E-state index < -0.39 is 28.0 Å². The molecule has 4 N–H and O–H groups in total. The molecule has 12 heteroatoms. The standard InChI is InChI=1S/C15H22N4O6S2/c1-6-10-9(7(2)20)13(21)19(10)11(14(22)23)12(6)26-8-4-16-15(17-5-8)18-27(3,24)25/h6-10,20H,4-5H2,1-3H3,(H,22,23)(H2,16,17,18)/t6-,7-,9-,10-/m1/s1. The van der Waals surface area contributed by atoms with Crippen LogP contribution in [0.2, 0.25) is 0 Å². The third-order valence-corrected chi connectivity index (χ3v) is 6.87. The van der Waals surface area contributed by atoms with E-state index in [0.29, 0.717) is 18.0 Å². The number of carboxylic acids is 1. The van der Waals surface area contributed by atoms with E-state index in [1.807, 2.05) is 6.92 Å². The number of carbonyl (C=O) groups excluding carboxylic acids is 1. The van der Waals surface area contributed by atoms with Crippen LogP contribution < -0.4 is 10.0 Å². The molecule has 1 amide bonds. The lowest BCUT2D eigenvalue weighted by atomic mass is 9.79. The van der Waals surface area contributed by atoms with Crippen molar-refractivity contribution in [2.45, 2.75) is 31.2 Å². The molecule has 0 aromatic heterocycles. The normalized spacial score (nSPS) is 31.6. The molecule has 0 bridgehead atoms. The maximum Gasteiger partial charge on any atom is 0.353 e. The summed E-state index contributed by atoms with van der Waals surface area (Å²) in [4.78, 5) is 30.1. The summed E-state index contributed by atoms with van der Waals surface area (Å²) in [7, 11) is -3.42. The molecule has 3 aliphatic rings. The second kappa shape index (κ2) is 6.99. The fourth-order valence-corrected chi connectivity index (χ4v) is 5.52. The Labute approximate surface area is 161 Å². The summed E-state index contributed by atoms with van der Waals surface area (Å²) in [5.41, 5.74) is -0.0246. The lowest BCUT2D eigenvalue weighted by Crippen LogP contribution is -2.63. The largest absolute Gasteiger partial charge is 0.477 e. The molecule has 1 unspecified atom stereocenters. The maximum absolute atomic E-state index is 12.3. The number of hydrogen-bond acceptors (Lipinski definition) is 8. The predicted molar refractivity (Wildman–Crippen MR) is 99.3 cm³/mol. The lowest BCUT2D eigenvalue weighted by molar-refractivity contribution is -0.163. The van der Waals surface area contributed by atoms with E-state index in [1.54, 1.807) is 0 Å². The Balaban J connectivity index is 1.77. The molecule has 1 fully saturated rings. The highest BCUT2D eigenvalue weighted by atomic mass is 32.2. The zero-order valence-electron chi connectivity index (χ0n) is 15.0. The van der Waals surface area contributed by atoms with Crippen LogP contribution >= 0.6 is 11.8 Å². The zero-order chi connectivity index (χ0) is 20.1. The molecule has 0 spiro atoms. The Hall–Kier alpha value is -1.79. The van der Waals surface area contributed by atoms with Crippen LogP contribution in [0.15, 0.2) is 15.6 Å². The van der Waals surface area contributed by atoms with E-state index >= 15 is 0 Å². The summed E-state index contributed by atoms with van der Waals surface area (Å²) in [6, 6.07) is -0.353. The van der Waals surface area contributed by atoms with Crippen molar-refractivity contribution in [3.63, 3.8) is 0 Å². The number of sulfonamides is 1. The number of aliphatic hydroxyl groups excluding tert-OH is 1. The van der Waals surface area contributed by atoms with Crippen molar-refractivity contribution >= 4 is 39.6 Å². The second-order valence-electron chi connectivity index (χ2n) is 6.96. The van der Waals surface area contributed by atoms with Crippen LogP contribution in [0.3, 0.4) is 0 Å². The van der Waals surface area contributed by atoms with E-state index in [0.717, 1.165) is 6.26 Å². The molecule has 10 nitrogen and oxygen atoms in total. The van der Waals surface area contributed by atoms with Crippen LogP contribution in [0.25, 0.3) is 0 Å². The summed E-state index contributed by atoms with van der Waals surface area (Å²) < 4.78 is 24.8. The van der Waals surface area contributed by atoms with Gasteiger partial charge in [0, 0.05) is 22.6 Å². The van der Waals surface area contributed by atoms with Crippen LogP contribution in [0.5, 0.6) is 0 Å². The minimum atomic E-state index is -3.42. The Morgan fingerprint density at radius 1 is 1.48 bits per heavy atom. The molecular formula is C15H22N4O6S2. The number of aliphatic carboxylic acids is 1. The molecule has 0 radical (unpaired) electrons. The van der Waals surface area contributed by atoms with E-state index in [9.17, 15) is 28.2 Å². The van der Waals surface area contributed by atoms with Crippen molar-refractivity contribution in [2.24, 2.45) is 16.8 Å². The van der Waals surface area contributed by atoms with Gasteiger partial charge >= 0.3 is 5.97 Å². The molecule has 0 aliphatic carbocycles. The first kappa shape index (κ1) is 20.0. The van der Waals surface area contributed by atoms with Crippen molar-refractivity contribution in [1.82, 2.24) is 14.9 Å².